The zero-order valence-corrected chi connectivity index (χ0v) is 23.0. The van der Waals surface area contributed by atoms with Crippen molar-refractivity contribution in [2.75, 3.05) is 0 Å². The van der Waals surface area contributed by atoms with Gasteiger partial charge in [-0.25, -0.2) is 4.79 Å². The van der Waals surface area contributed by atoms with Crippen LogP contribution >= 0.6 is 0 Å². The summed E-state index contributed by atoms with van der Waals surface area (Å²) in [4.78, 5) is 43.7. The van der Waals surface area contributed by atoms with Crippen LogP contribution in [0.5, 0.6) is 0 Å². The van der Waals surface area contributed by atoms with Crippen LogP contribution in [0.2, 0.25) is 0 Å². The molecule has 0 rings (SSSR count). The maximum atomic E-state index is 11.5. The Kier molecular flexibility index (Phi) is 23.2. The molecule has 0 aliphatic heterocycles. The van der Waals surface area contributed by atoms with Crippen LogP contribution < -0.4 is 0 Å². The molecule has 0 atom stereocenters. The third-order valence-corrected chi connectivity index (χ3v) is 7.31. The molecule has 0 saturated carbocycles. The van der Waals surface area contributed by atoms with Crippen molar-refractivity contribution in [1.29, 1.82) is 0 Å². The average molecular weight is 491 g/mol. The second-order valence-corrected chi connectivity index (χ2v) is 8.82. The van der Waals surface area contributed by atoms with Crippen LogP contribution in [0.15, 0.2) is 50.6 Å². The Morgan fingerprint density at radius 1 is 0.543 bits per heavy atom. The van der Waals surface area contributed by atoms with Gasteiger partial charge < -0.3 is 5.11 Å². The minimum atomic E-state index is -0.981. The van der Waals surface area contributed by atoms with E-state index in [2.05, 4.69) is 54.0 Å². The molecule has 0 fully saturated rings. The molecule has 5 heteroatoms. The molecule has 0 saturated heterocycles. The zero-order valence-electron chi connectivity index (χ0n) is 23.0. The van der Waals surface area contributed by atoms with Crippen molar-refractivity contribution >= 4 is 23.3 Å². The molecule has 1 N–H and O–H groups in total. The highest BCUT2D eigenvalue weighted by atomic mass is 16.4. The maximum absolute atomic E-state index is 11.5. The third kappa shape index (κ3) is 18.4. The van der Waals surface area contributed by atoms with Gasteiger partial charge in [-0.15, -0.1) is 0 Å². The molecule has 35 heavy (non-hydrogen) atoms. The van der Waals surface area contributed by atoms with Crippen molar-refractivity contribution < 1.29 is 24.3 Å². The second-order valence-electron chi connectivity index (χ2n) is 8.82. The number of ketones is 3. The first-order chi connectivity index (χ1) is 16.4. The van der Waals surface area contributed by atoms with Crippen LogP contribution in [-0.4, -0.2) is 28.4 Å². The third-order valence-electron chi connectivity index (χ3n) is 7.31. The van der Waals surface area contributed by atoms with Crippen molar-refractivity contribution in [3.05, 3.63) is 50.6 Å². The van der Waals surface area contributed by atoms with Gasteiger partial charge in [-0.1, -0.05) is 93.0 Å². The van der Waals surface area contributed by atoms with Gasteiger partial charge in [0.15, 0.2) is 17.3 Å². The standard InChI is InChI=1S/C18H26O3.C9H20.C3H4O2/c1-5-15(19)9-12-18(8-4,13-10-16(20)6-2)14-11-17(21)7-3;1-5-9(6-2,7-3)8-4;1-2-3(4)5/h5-7H,1-3,8-14H2,4H3;5-8H2,1-4H3;2H,1H2,(H,4,5). The largest absolute Gasteiger partial charge is 0.478 e. The number of carbonyl (C=O) groups excluding carboxylic acids is 3. The van der Waals surface area contributed by atoms with Gasteiger partial charge in [-0.3, -0.25) is 14.4 Å². The molecule has 0 aromatic heterocycles. The van der Waals surface area contributed by atoms with E-state index >= 15 is 0 Å². The minimum absolute atomic E-state index is 0.00193. The molecular weight excluding hydrogens is 440 g/mol. The lowest BCUT2D eigenvalue weighted by Gasteiger charge is -2.32. The van der Waals surface area contributed by atoms with Gasteiger partial charge in [0.1, 0.15) is 0 Å². The summed E-state index contributed by atoms with van der Waals surface area (Å²) in [6, 6.07) is 0. The summed E-state index contributed by atoms with van der Waals surface area (Å²) in [5, 5.41) is 7.60. The van der Waals surface area contributed by atoms with Crippen LogP contribution in [0.25, 0.3) is 0 Å². The molecule has 200 valence electrons. The van der Waals surface area contributed by atoms with Crippen molar-refractivity contribution in [2.24, 2.45) is 10.8 Å². The molecule has 0 unspecified atom stereocenters. The van der Waals surface area contributed by atoms with Gasteiger partial charge in [0, 0.05) is 25.3 Å². The van der Waals surface area contributed by atoms with Crippen LogP contribution in [0.3, 0.4) is 0 Å². The summed E-state index contributed by atoms with van der Waals surface area (Å²) in [6.07, 6.45) is 14.2. The first-order valence-corrected chi connectivity index (χ1v) is 12.8. The molecule has 0 aromatic rings. The summed E-state index contributed by atoms with van der Waals surface area (Å²) < 4.78 is 0. The molecule has 0 radical (unpaired) electrons. The highest BCUT2D eigenvalue weighted by Crippen LogP contribution is 2.39. The Balaban J connectivity index is -0.000000598. The zero-order chi connectivity index (χ0) is 27.9. The summed E-state index contributed by atoms with van der Waals surface area (Å²) in [5.74, 6) is -0.987. The Labute approximate surface area is 214 Å². The fraction of sp³-hybridized carbons (Fsp3) is 0.600. The normalized spacial score (nSPS) is 10.4. The van der Waals surface area contributed by atoms with Gasteiger partial charge in [0.25, 0.3) is 0 Å². The summed E-state index contributed by atoms with van der Waals surface area (Å²) in [6.45, 7) is 24.6. The van der Waals surface area contributed by atoms with Crippen LogP contribution in [0.1, 0.15) is 105 Å². The van der Waals surface area contributed by atoms with Crippen molar-refractivity contribution in [1.82, 2.24) is 0 Å². The molecule has 0 aliphatic carbocycles. The first-order valence-electron chi connectivity index (χ1n) is 12.8. The van der Waals surface area contributed by atoms with Crippen LogP contribution in [0.4, 0.5) is 0 Å². The van der Waals surface area contributed by atoms with Crippen molar-refractivity contribution in [3.63, 3.8) is 0 Å². The molecule has 0 spiro atoms. The number of hydrogen-bond acceptors (Lipinski definition) is 4. The first kappa shape index (κ1) is 37.0. The SMILES string of the molecule is C=CC(=O)CCC(CC)(CCC(=O)C=C)CCC(=O)C=C.C=CC(=O)O.CCC(CC)(CC)CC. The monoisotopic (exact) mass is 490 g/mol. The van der Waals surface area contributed by atoms with E-state index in [4.69, 9.17) is 5.11 Å². The predicted octanol–water partition coefficient (Wildman–Crippen LogP) is 7.86. The quantitative estimate of drug-likeness (QED) is 0.198. The van der Waals surface area contributed by atoms with Gasteiger partial charge in [0.2, 0.25) is 0 Å². The molecule has 0 aromatic carbocycles. The van der Waals surface area contributed by atoms with Gasteiger partial charge in [-0.2, -0.15) is 0 Å². The van der Waals surface area contributed by atoms with Gasteiger partial charge in [-0.05, 0) is 48.3 Å². The number of carboxylic acids is 1. The molecule has 0 amide bonds. The number of carbonyl (C=O) groups is 4. The highest BCUT2D eigenvalue weighted by Gasteiger charge is 2.29. The number of hydrogen-bond donors (Lipinski definition) is 1. The lowest BCUT2D eigenvalue weighted by Crippen LogP contribution is -2.23. The fourth-order valence-electron chi connectivity index (χ4n) is 3.88. The Bertz CT molecular complexity index is 606. The molecule has 5 nitrogen and oxygen atoms in total. The number of aliphatic carboxylic acids is 1. The lowest BCUT2D eigenvalue weighted by atomic mass is 9.72. The number of carboxylic acid groups (broad SMARTS) is 1. The van der Waals surface area contributed by atoms with E-state index in [1.807, 2.05) is 6.92 Å². The molecule has 0 heterocycles. The van der Waals surface area contributed by atoms with Crippen LogP contribution in [-0.2, 0) is 19.2 Å². The summed E-state index contributed by atoms with van der Waals surface area (Å²) in [7, 11) is 0. The average Bonchev–Trinajstić information content (AvgIpc) is 2.90. The van der Waals surface area contributed by atoms with E-state index in [1.54, 1.807) is 0 Å². The number of rotatable bonds is 18. The van der Waals surface area contributed by atoms with Crippen molar-refractivity contribution in [3.8, 4) is 0 Å². The Morgan fingerprint density at radius 2 is 0.771 bits per heavy atom. The Hall–Kier alpha value is -2.56. The Morgan fingerprint density at radius 3 is 0.886 bits per heavy atom. The van der Waals surface area contributed by atoms with Crippen LogP contribution in [0, 0.1) is 10.8 Å². The maximum Gasteiger partial charge on any atom is 0.327 e. The van der Waals surface area contributed by atoms with E-state index in [0.717, 1.165) is 12.5 Å². The van der Waals surface area contributed by atoms with E-state index in [0.29, 0.717) is 43.9 Å². The minimum Gasteiger partial charge on any atom is -0.478 e. The van der Waals surface area contributed by atoms with E-state index in [9.17, 15) is 19.2 Å². The molecule has 0 aliphatic rings. The molecule has 0 bridgehead atoms. The smallest absolute Gasteiger partial charge is 0.327 e. The van der Waals surface area contributed by atoms with E-state index < -0.39 is 5.97 Å². The predicted molar refractivity (Wildman–Crippen MR) is 147 cm³/mol. The van der Waals surface area contributed by atoms with E-state index in [-0.39, 0.29) is 22.8 Å². The van der Waals surface area contributed by atoms with Gasteiger partial charge in [0.05, 0.1) is 0 Å². The van der Waals surface area contributed by atoms with E-state index in [1.165, 1.54) is 43.9 Å². The summed E-state index contributed by atoms with van der Waals surface area (Å²) >= 11 is 0. The second kappa shape index (κ2) is 21.9. The topological polar surface area (TPSA) is 88.5 Å². The fourth-order valence-corrected chi connectivity index (χ4v) is 3.88. The number of allylic oxidation sites excluding steroid dienone is 3. The molecular formula is C30H50O5. The van der Waals surface area contributed by atoms with Crippen molar-refractivity contribution in [2.45, 2.75) is 105 Å². The highest BCUT2D eigenvalue weighted by molar-refractivity contribution is 5.90. The summed E-state index contributed by atoms with van der Waals surface area (Å²) in [5.41, 5.74) is 0.496. The van der Waals surface area contributed by atoms with Gasteiger partial charge >= 0.3 is 5.97 Å². The lowest BCUT2D eigenvalue weighted by molar-refractivity contribution is -0.131.